The summed E-state index contributed by atoms with van der Waals surface area (Å²) in [6, 6.07) is 0.797. The van der Waals surface area contributed by atoms with Crippen LogP contribution in [0.3, 0.4) is 0 Å². The molecule has 30 heavy (non-hydrogen) atoms. The number of hydrogen-bond acceptors (Lipinski definition) is 3. The summed E-state index contributed by atoms with van der Waals surface area (Å²) < 4.78 is 40.0. The molecule has 0 saturated heterocycles. The quantitative estimate of drug-likeness (QED) is 0.610. The third-order valence-corrected chi connectivity index (χ3v) is 6.51. The molecule has 3 rings (SSSR count). The number of amides is 1. The van der Waals surface area contributed by atoms with E-state index in [-0.39, 0.29) is 17.4 Å². The number of nitrogens with one attached hydrogen (secondary N) is 1. The van der Waals surface area contributed by atoms with E-state index in [9.17, 15) is 18.0 Å². The first kappa shape index (κ1) is 23.1. The maximum atomic E-state index is 13.3. The molecule has 2 aliphatic rings. The van der Waals surface area contributed by atoms with E-state index in [4.69, 9.17) is 0 Å². The van der Waals surface area contributed by atoms with Gasteiger partial charge in [-0.05, 0) is 18.7 Å². The Morgan fingerprint density at radius 1 is 0.867 bits per heavy atom. The van der Waals surface area contributed by atoms with Gasteiger partial charge in [0.15, 0.2) is 0 Å². The van der Waals surface area contributed by atoms with Crippen LogP contribution in [-0.2, 0) is 6.18 Å². The zero-order valence-electron chi connectivity index (χ0n) is 17.8. The Hall–Kier alpha value is -1.60. The molecule has 1 heterocycles. The average molecular weight is 423 g/mol. The Balaban J connectivity index is 1.66. The molecule has 2 aliphatic carbocycles. The molecule has 0 aromatic carbocycles. The first-order valence-electron chi connectivity index (χ1n) is 11.7. The number of nitrogens with zero attached hydrogens (tertiary/aromatic N) is 2. The van der Waals surface area contributed by atoms with Gasteiger partial charge in [0, 0.05) is 12.0 Å². The maximum Gasteiger partial charge on any atom is 0.433 e. The summed E-state index contributed by atoms with van der Waals surface area (Å²) in [6.07, 6.45) is 10.9. The summed E-state index contributed by atoms with van der Waals surface area (Å²) in [5.74, 6) is -0.0507. The molecule has 1 N–H and O–H groups in total. The molecule has 0 aliphatic heterocycles. The first-order valence-corrected chi connectivity index (χ1v) is 11.7. The lowest BCUT2D eigenvalue weighted by atomic mass is 9.69. The monoisotopic (exact) mass is 423 g/mol. The van der Waals surface area contributed by atoms with Gasteiger partial charge in [-0.15, -0.1) is 0 Å². The summed E-state index contributed by atoms with van der Waals surface area (Å²) in [7, 11) is 0.503. The molecular weight excluding hydrogens is 390 g/mol. The van der Waals surface area contributed by atoms with E-state index >= 15 is 0 Å². The summed E-state index contributed by atoms with van der Waals surface area (Å²) in [4.78, 5) is 20.7. The molecule has 2 saturated carbocycles. The predicted octanol–water partition coefficient (Wildman–Crippen LogP) is 5.94. The Morgan fingerprint density at radius 2 is 1.40 bits per heavy atom. The highest BCUT2D eigenvalue weighted by Crippen LogP contribution is 2.35. The number of rotatable bonds is 4. The number of carbonyl (C=O) groups is 1. The molecule has 0 spiro atoms. The topological polar surface area (TPSA) is 54.9 Å². The van der Waals surface area contributed by atoms with E-state index in [0.29, 0.717) is 13.2 Å². The van der Waals surface area contributed by atoms with Crippen molar-refractivity contribution in [3.63, 3.8) is 0 Å². The molecule has 0 bridgehead atoms. The van der Waals surface area contributed by atoms with E-state index < -0.39 is 17.8 Å². The van der Waals surface area contributed by atoms with Crippen molar-refractivity contribution in [1.82, 2.24) is 15.2 Å². The summed E-state index contributed by atoms with van der Waals surface area (Å²) >= 11 is 0. The van der Waals surface area contributed by atoms with Crippen LogP contribution in [-0.4, -0.2) is 23.3 Å². The first-order chi connectivity index (χ1) is 14.4. The number of alkyl halides is 3. The van der Waals surface area contributed by atoms with E-state index in [0.717, 1.165) is 57.4 Å². The molecule has 0 radical (unpaired) electrons. The Bertz CT molecular complexity index is 681. The zero-order chi connectivity index (χ0) is 21.4. The molecule has 1 aromatic heterocycles. The van der Waals surface area contributed by atoms with E-state index in [1.807, 2.05) is 0 Å². The van der Waals surface area contributed by atoms with Crippen LogP contribution in [0.2, 0.25) is 5.82 Å². The summed E-state index contributed by atoms with van der Waals surface area (Å²) in [5.41, 5.74) is -1.17. The number of halogens is 3. The minimum atomic E-state index is -4.58. The highest BCUT2D eigenvalue weighted by Gasteiger charge is 2.35. The van der Waals surface area contributed by atoms with Gasteiger partial charge in [0.25, 0.3) is 5.91 Å². The van der Waals surface area contributed by atoms with Crippen molar-refractivity contribution in [2.45, 2.75) is 108 Å². The SMILES string of the molecule is O=C(NBC1CCCCCCCCCC1)c1cc(C(F)(F)F)nc(C2CCCC2)n1. The largest absolute Gasteiger partial charge is 0.433 e. The van der Waals surface area contributed by atoms with Gasteiger partial charge in [-0.1, -0.05) is 77.0 Å². The highest BCUT2D eigenvalue weighted by molar-refractivity contribution is 6.40. The number of hydrogen-bond donors (Lipinski definition) is 1. The van der Waals surface area contributed by atoms with Crippen LogP contribution in [0.5, 0.6) is 0 Å². The van der Waals surface area contributed by atoms with Crippen molar-refractivity contribution in [3.8, 4) is 0 Å². The molecule has 166 valence electrons. The van der Waals surface area contributed by atoms with Gasteiger partial charge in [-0.3, -0.25) is 4.79 Å². The normalized spacial score (nSPS) is 20.5. The lowest BCUT2D eigenvalue weighted by Gasteiger charge is -2.17. The second-order valence-corrected chi connectivity index (χ2v) is 8.96. The zero-order valence-corrected chi connectivity index (χ0v) is 17.8. The average Bonchev–Trinajstić information content (AvgIpc) is 3.24. The van der Waals surface area contributed by atoms with Gasteiger partial charge in [-0.25, -0.2) is 9.97 Å². The van der Waals surface area contributed by atoms with Crippen molar-refractivity contribution >= 4 is 13.3 Å². The van der Waals surface area contributed by atoms with E-state index in [1.54, 1.807) is 0 Å². The minimum Gasteiger partial charge on any atom is -0.397 e. The number of aromatic nitrogens is 2. The van der Waals surface area contributed by atoms with Crippen LogP contribution >= 0.6 is 0 Å². The third kappa shape index (κ3) is 6.98. The van der Waals surface area contributed by atoms with Crippen LogP contribution in [0.25, 0.3) is 0 Å². The van der Waals surface area contributed by atoms with E-state index in [2.05, 4.69) is 15.2 Å². The van der Waals surface area contributed by atoms with Gasteiger partial charge < -0.3 is 5.23 Å². The maximum absolute atomic E-state index is 13.3. The van der Waals surface area contributed by atoms with Gasteiger partial charge >= 0.3 is 6.18 Å². The standard InChI is InChI=1S/C22H33BF3N3O/c24-22(25,26)19-15-18(27-20(28-19)16-11-9-10-12-16)21(30)29-23-17-13-7-5-3-1-2-4-6-8-14-17/h15-17,23H,1-14H2,(H,29,30). The lowest BCUT2D eigenvalue weighted by Crippen LogP contribution is -2.32. The predicted molar refractivity (Wildman–Crippen MR) is 113 cm³/mol. The van der Waals surface area contributed by atoms with Crippen molar-refractivity contribution in [2.75, 3.05) is 0 Å². The summed E-state index contributed by atoms with van der Waals surface area (Å²) in [6.45, 7) is 0. The molecule has 2 fully saturated rings. The van der Waals surface area contributed by atoms with Crippen molar-refractivity contribution in [2.24, 2.45) is 0 Å². The molecule has 1 aromatic rings. The molecular formula is C22H33BF3N3O. The van der Waals surface area contributed by atoms with Crippen LogP contribution in [0.1, 0.15) is 118 Å². The minimum absolute atomic E-state index is 0.0823. The van der Waals surface area contributed by atoms with Crippen LogP contribution in [0.4, 0.5) is 13.2 Å². The van der Waals surface area contributed by atoms with Crippen LogP contribution < -0.4 is 5.23 Å². The van der Waals surface area contributed by atoms with Gasteiger partial charge in [0.1, 0.15) is 17.2 Å². The molecule has 0 atom stereocenters. The van der Waals surface area contributed by atoms with Crippen LogP contribution in [0.15, 0.2) is 6.07 Å². The molecule has 8 heteroatoms. The lowest BCUT2D eigenvalue weighted by molar-refractivity contribution is -0.141. The second kappa shape index (κ2) is 11.1. The fourth-order valence-electron chi connectivity index (χ4n) is 4.70. The molecule has 0 unspecified atom stereocenters. The fraction of sp³-hybridized carbons (Fsp3) is 0.773. The Kier molecular flexibility index (Phi) is 8.57. The van der Waals surface area contributed by atoms with Gasteiger partial charge in [0.05, 0.1) is 0 Å². The Morgan fingerprint density at radius 3 is 1.97 bits per heavy atom. The second-order valence-electron chi connectivity index (χ2n) is 8.96. The smallest absolute Gasteiger partial charge is 0.397 e. The number of carbonyl (C=O) groups excluding carboxylic acids is 1. The molecule has 1 amide bonds. The third-order valence-electron chi connectivity index (χ3n) is 6.51. The molecule has 4 nitrogen and oxygen atoms in total. The van der Waals surface area contributed by atoms with Crippen molar-refractivity contribution in [1.29, 1.82) is 0 Å². The summed E-state index contributed by atoms with van der Waals surface area (Å²) in [5, 5.41) is 2.87. The van der Waals surface area contributed by atoms with Gasteiger partial charge in [-0.2, -0.15) is 13.2 Å². The van der Waals surface area contributed by atoms with Crippen molar-refractivity contribution < 1.29 is 18.0 Å². The van der Waals surface area contributed by atoms with E-state index in [1.165, 1.54) is 38.5 Å². The fourth-order valence-corrected chi connectivity index (χ4v) is 4.70. The van der Waals surface area contributed by atoms with Crippen molar-refractivity contribution in [3.05, 3.63) is 23.3 Å². The Labute approximate surface area is 178 Å². The van der Waals surface area contributed by atoms with Crippen LogP contribution in [0, 0.1) is 0 Å². The van der Waals surface area contributed by atoms with Gasteiger partial charge in [0.2, 0.25) is 7.41 Å². The highest BCUT2D eigenvalue weighted by atomic mass is 19.4.